The van der Waals surface area contributed by atoms with Gasteiger partial charge < -0.3 is 10.2 Å². The van der Waals surface area contributed by atoms with Gasteiger partial charge in [0.2, 0.25) is 0 Å². The number of para-hydroxylation sites is 1. The molecule has 32 heavy (non-hydrogen) atoms. The maximum absolute atomic E-state index is 12.9. The minimum atomic E-state index is 0.0609. The molecule has 5 rings (SSSR count). The van der Waals surface area contributed by atoms with Crippen molar-refractivity contribution >= 4 is 17.2 Å². The van der Waals surface area contributed by atoms with Crippen LogP contribution in [0.3, 0.4) is 0 Å². The van der Waals surface area contributed by atoms with Gasteiger partial charge in [0.25, 0.3) is 5.91 Å². The molecule has 5 nitrogen and oxygen atoms in total. The van der Waals surface area contributed by atoms with Crippen LogP contribution in [-0.2, 0) is 12.8 Å². The Kier molecular flexibility index (Phi) is 6.15. The Balaban J connectivity index is 1.27. The van der Waals surface area contributed by atoms with Crippen LogP contribution < -0.4 is 5.32 Å². The maximum Gasteiger partial charge on any atom is 0.261 e. The van der Waals surface area contributed by atoms with Gasteiger partial charge in [0.15, 0.2) is 0 Å². The number of carbonyl (C=O) groups excluding carboxylic acids is 1. The SMILES string of the molecule is Cc1nn(-c2ccccc2)c2c1-c1sc(C(=O)NCCCN3CCCCC3C)cc1CC2. The van der Waals surface area contributed by atoms with Gasteiger partial charge in [-0.3, -0.25) is 4.79 Å². The Morgan fingerprint density at radius 2 is 2.06 bits per heavy atom. The summed E-state index contributed by atoms with van der Waals surface area (Å²) in [5.41, 5.74) is 5.89. The van der Waals surface area contributed by atoms with Crippen LogP contribution >= 0.6 is 11.3 Å². The number of thiophene rings is 1. The van der Waals surface area contributed by atoms with Crippen molar-refractivity contribution in [2.75, 3.05) is 19.6 Å². The second-order valence-corrected chi connectivity index (χ2v) is 10.2. The number of hydrogen-bond donors (Lipinski definition) is 1. The second kappa shape index (κ2) is 9.20. The number of likely N-dealkylation sites (tertiary alicyclic amines) is 1. The van der Waals surface area contributed by atoms with Gasteiger partial charge in [-0.1, -0.05) is 24.6 Å². The first-order valence-corrected chi connectivity index (χ1v) is 12.7. The second-order valence-electron chi connectivity index (χ2n) is 9.11. The largest absolute Gasteiger partial charge is 0.351 e. The molecular formula is C26H32N4OS. The van der Waals surface area contributed by atoms with Crippen molar-refractivity contribution in [3.05, 3.63) is 58.2 Å². The number of benzene rings is 1. The first-order chi connectivity index (χ1) is 15.6. The van der Waals surface area contributed by atoms with E-state index >= 15 is 0 Å². The van der Waals surface area contributed by atoms with Crippen LogP contribution in [0.4, 0.5) is 0 Å². The Morgan fingerprint density at radius 1 is 1.22 bits per heavy atom. The van der Waals surface area contributed by atoms with E-state index in [0.29, 0.717) is 6.04 Å². The highest BCUT2D eigenvalue weighted by molar-refractivity contribution is 7.17. The van der Waals surface area contributed by atoms with Crippen LogP contribution in [0.5, 0.6) is 0 Å². The third-order valence-electron chi connectivity index (χ3n) is 6.90. The van der Waals surface area contributed by atoms with Crippen LogP contribution in [0.1, 0.15) is 59.2 Å². The molecule has 168 valence electrons. The van der Waals surface area contributed by atoms with E-state index in [4.69, 9.17) is 5.10 Å². The average molecular weight is 449 g/mol. The fraction of sp³-hybridized carbons (Fsp3) is 0.462. The minimum absolute atomic E-state index is 0.0609. The maximum atomic E-state index is 12.9. The molecule has 1 fully saturated rings. The first kappa shape index (κ1) is 21.4. The summed E-state index contributed by atoms with van der Waals surface area (Å²) in [7, 11) is 0. The summed E-state index contributed by atoms with van der Waals surface area (Å²) in [5, 5.41) is 8.00. The molecule has 1 aliphatic carbocycles. The molecule has 2 aromatic heterocycles. The highest BCUT2D eigenvalue weighted by Gasteiger charge is 2.27. The van der Waals surface area contributed by atoms with Gasteiger partial charge in [-0.2, -0.15) is 5.10 Å². The smallest absolute Gasteiger partial charge is 0.261 e. The number of nitrogens with zero attached hydrogens (tertiary/aromatic N) is 3. The van der Waals surface area contributed by atoms with Gasteiger partial charge in [-0.25, -0.2) is 4.68 Å². The third-order valence-corrected chi connectivity index (χ3v) is 8.09. The number of carbonyl (C=O) groups is 1. The van der Waals surface area contributed by atoms with Crippen molar-refractivity contribution < 1.29 is 4.79 Å². The standard InChI is InChI=1S/C26H32N4OS/c1-18-9-6-7-15-29(18)16-8-14-27-26(31)23-17-20-12-13-22-24(25(20)32-23)19(2)28-30(22)21-10-4-3-5-11-21/h3-5,10-11,17-18H,6-9,12-16H2,1-2H3,(H,27,31). The molecule has 1 unspecified atom stereocenters. The van der Waals surface area contributed by atoms with Gasteiger partial charge in [0.05, 0.1) is 22.0 Å². The van der Waals surface area contributed by atoms with Crippen molar-refractivity contribution in [3.8, 4) is 16.1 Å². The Morgan fingerprint density at radius 3 is 2.88 bits per heavy atom. The molecule has 3 heterocycles. The molecule has 1 aliphatic heterocycles. The van der Waals surface area contributed by atoms with Crippen molar-refractivity contribution in [2.24, 2.45) is 0 Å². The van der Waals surface area contributed by atoms with Crippen molar-refractivity contribution in [2.45, 2.75) is 58.4 Å². The van der Waals surface area contributed by atoms with E-state index in [-0.39, 0.29) is 5.91 Å². The van der Waals surface area contributed by atoms with Gasteiger partial charge in [-0.15, -0.1) is 11.3 Å². The molecular weight excluding hydrogens is 416 g/mol. The number of nitrogens with one attached hydrogen (secondary N) is 1. The predicted molar refractivity (Wildman–Crippen MR) is 131 cm³/mol. The monoisotopic (exact) mass is 448 g/mol. The van der Waals surface area contributed by atoms with Crippen LogP contribution in [0.2, 0.25) is 0 Å². The summed E-state index contributed by atoms with van der Waals surface area (Å²) in [6, 6.07) is 13.1. The van der Waals surface area contributed by atoms with Crippen LogP contribution in [-0.4, -0.2) is 46.3 Å². The van der Waals surface area contributed by atoms with Crippen molar-refractivity contribution in [1.82, 2.24) is 20.0 Å². The lowest BCUT2D eigenvalue weighted by Crippen LogP contribution is -2.39. The summed E-state index contributed by atoms with van der Waals surface area (Å²) in [6.07, 6.45) is 6.87. The Labute approximate surface area is 194 Å². The molecule has 1 atom stereocenters. The molecule has 3 aromatic rings. The molecule has 1 amide bonds. The van der Waals surface area contributed by atoms with Gasteiger partial charge in [-0.05, 0) is 76.3 Å². The topological polar surface area (TPSA) is 50.2 Å². The number of aryl methyl sites for hydroxylation is 2. The van der Waals surface area contributed by atoms with Gasteiger partial charge in [0, 0.05) is 29.6 Å². The number of piperidine rings is 1. The Bertz CT molecular complexity index is 1100. The number of amides is 1. The quantitative estimate of drug-likeness (QED) is 0.540. The normalized spacial score (nSPS) is 18.2. The van der Waals surface area contributed by atoms with E-state index in [2.05, 4.69) is 46.9 Å². The number of aromatic nitrogens is 2. The average Bonchev–Trinajstić information content (AvgIpc) is 3.39. The minimum Gasteiger partial charge on any atom is -0.351 e. The molecule has 1 saturated heterocycles. The van der Waals surface area contributed by atoms with Crippen molar-refractivity contribution in [1.29, 1.82) is 0 Å². The van der Waals surface area contributed by atoms with E-state index in [1.807, 2.05) is 18.2 Å². The summed E-state index contributed by atoms with van der Waals surface area (Å²) < 4.78 is 2.08. The van der Waals surface area contributed by atoms with E-state index in [9.17, 15) is 4.79 Å². The molecule has 0 saturated carbocycles. The zero-order valence-electron chi connectivity index (χ0n) is 19.1. The number of rotatable bonds is 6. The lowest BCUT2D eigenvalue weighted by atomic mass is 9.95. The molecule has 0 bridgehead atoms. The molecule has 6 heteroatoms. The third kappa shape index (κ3) is 4.14. The number of fused-ring (bicyclic) bond motifs is 3. The molecule has 0 radical (unpaired) electrons. The van der Waals surface area contributed by atoms with Crippen LogP contribution in [0.25, 0.3) is 16.1 Å². The summed E-state index contributed by atoms with van der Waals surface area (Å²) in [6.45, 7) is 7.41. The summed E-state index contributed by atoms with van der Waals surface area (Å²) in [5.74, 6) is 0.0609. The van der Waals surface area contributed by atoms with Crippen LogP contribution in [0.15, 0.2) is 36.4 Å². The van der Waals surface area contributed by atoms with E-state index < -0.39 is 0 Å². The molecule has 0 spiro atoms. The number of hydrogen-bond acceptors (Lipinski definition) is 4. The molecule has 2 aliphatic rings. The molecule has 1 aromatic carbocycles. The van der Waals surface area contributed by atoms with E-state index in [0.717, 1.165) is 48.6 Å². The van der Waals surface area contributed by atoms with Crippen molar-refractivity contribution in [3.63, 3.8) is 0 Å². The fourth-order valence-electron chi connectivity index (χ4n) is 5.14. The molecule has 1 N–H and O–H groups in total. The lowest BCUT2D eigenvalue weighted by molar-refractivity contribution is 0.0953. The van der Waals surface area contributed by atoms with E-state index in [1.54, 1.807) is 11.3 Å². The van der Waals surface area contributed by atoms with Gasteiger partial charge >= 0.3 is 0 Å². The zero-order valence-corrected chi connectivity index (χ0v) is 19.9. The predicted octanol–water partition coefficient (Wildman–Crippen LogP) is 5.00. The fourth-order valence-corrected chi connectivity index (χ4v) is 6.38. The van der Waals surface area contributed by atoms with Gasteiger partial charge in [0.1, 0.15) is 0 Å². The van der Waals surface area contributed by atoms with E-state index in [1.165, 1.54) is 47.5 Å². The Hall–Kier alpha value is -2.44. The summed E-state index contributed by atoms with van der Waals surface area (Å²) >= 11 is 1.62. The highest BCUT2D eigenvalue weighted by Crippen LogP contribution is 2.42. The van der Waals surface area contributed by atoms with Crippen LogP contribution in [0, 0.1) is 6.92 Å². The summed E-state index contributed by atoms with van der Waals surface area (Å²) in [4.78, 5) is 17.5. The highest BCUT2D eigenvalue weighted by atomic mass is 32.1. The lowest BCUT2D eigenvalue weighted by Gasteiger charge is -2.33. The first-order valence-electron chi connectivity index (χ1n) is 11.9. The zero-order chi connectivity index (χ0) is 22.1.